The summed E-state index contributed by atoms with van der Waals surface area (Å²) in [6, 6.07) is 12.3. The molecule has 1 aliphatic rings. The van der Waals surface area contributed by atoms with Gasteiger partial charge < -0.3 is 0 Å². The molecule has 1 aliphatic carbocycles. The molecule has 0 aliphatic heterocycles. The van der Waals surface area contributed by atoms with Crippen molar-refractivity contribution in [2.45, 2.75) is 42.4 Å². The van der Waals surface area contributed by atoms with E-state index >= 15 is 0 Å². The van der Waals surface area contributed by atoms with Crippen LogP contribution < -0.4 is 0 Å². The SMILES string of the molecule is N#Cc1cc2ccccc2nc1SC1CCCCC1. The highest BCUT2D eigenvalue weighted by Crippen LogP contribution is 2.35. The molecule has 0 amide bonds. The van der Waals surface area contributed by atoms with Gasteiger partial charge in [0.25, 0.3) is 0 Å². The molecule has 96 valence electrons. The molecule has 0 saturated heterocycles. The van der Waals surface area contributed by atoms with Gasteiger partial charge >= 0.3 is 0 Å². The van der Waals surface area contributed by atoms with Crippen LogP contribution in [0.25, 0.3) is 10.9 Å². The molecule has 1 aromatic heterocycles. The van der Waals surface area contributed by atoms with Crippen molar-refractivity contribution >= 4 is 22.7 Å². The zero-order valence-electron chi connectivity index (χ0n) is 10.8. The minimum absolute atomic E-state index is 0.634. The van der Waals surface area contributed by atoms with Gasteiger partial charge in [0.05, 0.1) is 11.1 Å². The van der Waals surface area contributed by atoms with Crippen LogP contribution in [0.3, 0.4) is 0 Å². The molecule has 0 N–H and O–H groups in total. The number of benzene rings is 1. The minimum Gasteiger partial charge on any atom is -0.240 e. The quantitative estimate of drug-likeness (QED) is 0.802. The summed E-state index contributed by atoms with van der Waals surface area (Å²) < 4.78 is 0. The van der Waals surface area contributed by atoms with Gasteiger partial charge in [-0.05, 0) is 25.0 Å². The molecule has 1 fully saturated rings. The molecule has 3 heteroatoms. The van der Waals surface area contributed by atoms with E-state index in [0.717, 1.165) is 15.9 Å². The van der Waals surface area contributed by atoms with E-state index in [0.29, 0.717) is 10.8 Å². The normalized spacial score (nSPS) is 16.4. The van der Waals surface area contributed by atoms with Crippen LogP contribution in [-0.4, -0.2) is 10.2 Å². The Labute approximate surface area is 117 Å². The Bertz CT molecular complexity index is 624. The van der Waals surface area contributed by atoms with Gasteiger partial charge in [-0.1, -0.05) is 37.5 Å². The van der Waals surface area contributed by atoms with Crippen molar-refractivity contribution in [1.29, 1.82) is 5.26 Å². The molecule has 1 saturated carbocycles. The standard InChI is InChI=1S/C16H16N2S/c17-11-13-10-12-6-4-5-9-15(12)18-16(13)19-14-7-2-1-3-8-14/h4-6,9-10,14H,1-3,7-8H2. The number of thioether (sulfide) groups is 1. The van der Waals surface area contributed by atoms with Crippen molar-refractivity contribution in [1.82, 2.24) is 4.98 Å². The molecule has 0 bridgehead atoms. The summed E-state index contributed by atoms with van der Waals surface area (Å²) in [6.45, 7) is 0. The number of hydrogen-bond donors (Lipinski definition) is 0. The van der Waals surface area contributed by atoms with Gasteiger partial charge in [0, 0.05) is 10.6 Å². The van der Waals surface area contributed by atoms with Crippen LogP contribution >= 0.6 is 11.8 Å². The third-order valence-electron chi connectivity index (χ3n) is 3.64. The van der Waals surface area contributed by atoms with Crippen LogP contribution in [0, 0.1) is 11.3 Å². The molecular formula is C16H16N2S. The van der Waals surface area contributed by atoms with Crippen LogP contribution in [0.15, 0.2) is 35.4 Å². The fraction of sp³-hybridized carbons (Fsp3) is 0.375. The lowest BCUT2D eigenvalue weighted by molar-refractivity contribution is 0.516. The predicted molar refractivity (Wildman–Crippen MR) is 79.2 cm³/mol. The highest BCUT2D eigenvalue weighted by Gasteiger charge is 2.17. The lowest BCUT2D eigenvalue weighted by Gasteiger charge is -2.20. The molecule has 1 aromatic carbocycles. The number of rotatable bonds is 2. The third-order valence-corrected chi connectivity index (χ3v) is 4.98. The molecule has 0 unspecified atom stereocenters. The van der Waals surface area contributed by atoms with Crippen molar-refractivity contribution in [3.8, 4) is 6.07 Å². The van der Waals surface area contributed by atoms with Crippen LogP contribution in [-0.2, 0) is 0 Å². The number of nitrogens with zero attached hydrogens (tertiary/aromatic N) is 2. The summed E-state index contributed by atoms with van der Waals surface area (Å²) in [5.41, 5.74) is 1.70. The predicted octanol–water partition coefficient (Wildman–Crippen LogP) is 4.53. The molecule has 0 spiro atoms. The number of para-hydroxylation sites is 1. The average Bonchev–Trinajstić information content (AvgIpc) is 2.47. The molecule has 2 aromatic rings. The summed E-state index contributed by atoms with van der Waals surface area (Å²) in [6.07, 6.45) is 6.49. The Morgan fingerprint density at radius 2 is 1.95 bits per heavy atom. The number of aromatic nitrogens is 1. The van der Waals surface area contributed by atoms with E-state index in [1.165, 1.54) is 32.1 Å². The number of fused-ring (bicyclic) bond motifs is 1. The fourth-order valence-electron chi connectivity index (χ4n) is 2.61. The second-order valence-corrected chi connectivity index (χ2v) is 6.31. The lowest BCUT2D eigenvalue weighted by Crippen LogP contribution is -2.08. The van der Waals surface area contributed by atoms with Gasteiger partial charge in [0.15, 0.2) is 0 Å². The molecule has 0 atom stereocenters. The Hall–Kier alpha value is -1.53. The van der Waals surface area contributed by atoms with E-state index in [2.05, 4.69) is 11.1 Å². The summed E-state index contributed by atoms with van der Waals surface area (Å²) in [4.78, 5) is 4.68. The summed E-state index contributed by atoms with van der Waals surface area (Å²) in [5.74, 6) is 0. The Morgan fingerprint density at radius 3 is 2.74 bits per heavy atom. The minimum atomic E-state index is 0.634. The second kappa shape index (κ2) is 5.63. The topological polar surface area (TPSA) is 36.7 Å². The molecule has 2 nitrogen and oxygen atoms in total. The second-order valence-electron chi connectivity index (χ2n) is 5.02. The van der Waals surface area contributed by atoms with Gasteiger partial charge in [-0.2, -0.15) is 5.26 Å². The Morgan fingerprint density at radius 1 is 1.16 bits per heavy atom. The summed E-state index contributed by atoms with van der Waals surface area (Å²) in [5, 5.41) is 11.9. The highest BCUT2D eigenvalue weighted by molar-refractivity contribution is 7.99. The van der Waals surface area contributed by atoms with Crippen molar-refractivity contribution in [3.63, 3.8) is 0 Å². The Balaban J connectivity index is 1.94. The van der Waals surface area contributed by atoms with Crippen molar-refractivity contribution in [2.75, 3.05) is 0 Å². The largest absolute Gasteiger partial charge is 0.240 e. The first-order valence-electron chi connectivity index (χ1n) is 6.83. The van der Waals surface area contributed by atoms with Gasteiger partial charge in [0.1, 0.15) is 11.1 Å². The van der Waals surface area contributed by atoms with Gasteiger partial charge in [0.2, 0.25) is 0 Å². The van der Waals surface area contributed by atoms with Gasteiger partial charge in [-0.3, -0.25) is 0 Å². The summed E-state index contributed by atoms with van der Waals surface area (Å²) >= 11 is 1.80. The van der Waals surface area contributed by atoms with Crippen LogP contribution in [0.5, 0.6) is 0 Å². The molecule has 3 rings (SSSR count). The van der Waals surface area contributed by atoms with E-state index in [1.807, 2.05) is 30.3 Å². The van der Waals surface area contributed by atoms with E-state index in [-0.39, 0.29) is 0 Å². The smallest absolute Gasteiger partial charge is 0.115 e. The number of nitriles is 1. The van der Waals surface area contributed by atoms with Crippen molar-refractivity contribution in [2.24, 2.45) is 0 Å². The van der Waals surface area contributed by atoms with Crippen LogP contribution in [0.2, 0.25) is 0 Å². The Kier molecular flexibility index (Phi) is 3.70. The summed E-state index contributed by atoms with van der Waals surface area (Å²) in [7, 11) is 0. The zero-order chi connectivity index (χ0) is 13.1. The number of hydrogen-bond acceptors (Lipinski definition) is 3. The molecular weight excluding hydrogens is 252 g/mol. The highest BCUT2D eigenvalue weighted by atomic mass is 32.2. The fourth-order valence-corrected chi connectivity index (χ4v) is 3.88. The van der Waals surface area contributed by atoms with Crippen LogP contribution in [0.4, 0.5) is 0 Å². The average molecular weight is 268 g/mol. The van der Waals surface area contributed by atoms with Crippen molar-refractivity contribution in [3.05, 3.63) is 35.9 Å². The molecule has 1 heterocycles. The first kappa shape index (κ1) is 12.5. The van der Waals surface area contributed by atoms with E-state index in [4.69, 9.17) is 0 Å². The van der Waals surface area contributed by atoms with E-state index in [9.17, 15) is 5.26 Å². The van der Waals surface area contributed by atoms with Crippen molar-refractivity contribution < 1.29 is 0 Å². The van der Waals surface area contributed by atoms with E-state index < -0.39 is 0 Å². The zero-order valence-corrected chi connectivity index (χ0v) is 11.6. The monoisotopic (exact) mass is 268 g/mol. The van der Waals surface area contributed by atoms with E-state index in [1.54, 1.807) is 11.8 Å². The first-order chi connectivity index (χ1) is 9.36. The maximum absolute atomic E-state index is 9.30. The van der Waals surface area contributed by atoms with Gasteiger partial charge in [-0.25, -0.2) is 4.98 Å². The maximum atomic E-state index is 9.30. The lowest BCUT2D eigenvalue weighted by atomic mass is 10.0. The maximum Gasteiger partial charge on any atom is 0.115 e. The third kappa shape index (κ3) is 2.74. The number of pyridine rings is 1. The molecule has 19 heavy (non-hydrogen) atoms. The first-order valence-corrected chi connectivity index (χ1v) is 7.71. The van der Waals surface area contributed by atoms with Gasteiger partial charge in [-0.15, -0.1) is 11.8 Å². The van der Waals surface area contributed by atoms with Crippen LogP contribution in [0.1, 0.15) is 37.7 Å². The molecule has 0 radical (unpaired) electrons.